The van der Waals surface area contributed by atoms with Crippen LogP contribution in [0.2, 0.25) is 0 Å². The fourth-order valence-electron chi connectivity index (χ4n) is 4.00. The predicted molar refractivity (Wildman–Crippen MR) is 138 cm³/mol. The molecule has 0 aliphatic heterocycles. The molecule has 4 nitrogen and oxygen atoms in total. The van der Waals surface area contributed by atoms with Gasteiger partial charge in [0.25, 0.3) is 0 Å². The lowest BCUT2D eigenvalue weighted by Gasteiger charge is -2.21. The number of nitrogens with two attached hydrogens (primary N) is 2. The summed E-state index contributed by atoms with van der Waals surface area (Å²) in [6.07, 6.45) is 28.3. The van der Waals surface area contributed by atoms with Crippen molar-refractivity contribution in [3.8, 4) is 0 Å². The maximum Gasteiger partial charge on any atom is 0.0885 e. The van der Waals surface area contributed by atoms with Crippen LogP contribution in [0, 0.1) is 0 Å². The van der Waals surface area contributed by atoms with Crippen molar-refractivity contribution in [2.75, 3.05) is 39.3 Å². The molecule has 0 fully saturated rings. The van der Waals surface area contributed by atoms with Crippen LogP contribution in [0.25, 0.3) is 0 Å². The Balaban J connectivity index is 3.30. The SMILES string of the molecule is CCCCCCCCCCCCCCCCC=COCCCN(CCCN)CCCN. The summed E-state index contributed by atoms with van der Waals surface area (Å²) in [6, 6.07) is 0. The standard InChI is InChI=1S/C27H57N3O/c1-2-3-4-5-6-7-8-9-10-11-12-13-14-15-16-17-26-31-27-20-25-30(23-18-21-28)24-19-22-29/h17,26H,2-16,18-25,27-29H2,1H3. The minimum atomic E-state index is 0.762. The number of unbranched alkanes of at least 4 members (excludes halogenated alkanes) is 14. The van der Waals surface area contributed by atoms with E-state index in [2.05, 4.69) is 17.9 Å². The van der Waals surface area contributed by atoms with E-state index in [0.29, 0.717) is 0 Å². The highest BCUT2D eigenvalue weighted by molar-refractivity contribution is 4.73. The second kappa shape index (κ2) is 27.5. The van der Waals surface area contributed by atoms with Crippen LogP contribution < -0.4 is 11.5 Å². The summed E-state index contributed by atoms with van der Waals surface area (Å²) >= 11 is 0. The molecule has 0 aromatic heterocycles. The second-order valence-electron chi connectivity index (χ2n) is 9.11. The van der Waals surface area contributed by atoms with Crippen LogP contribution >= 0.6 is 0 Å². The van der Waals surface area contributed by atoms with Crippen LogP contribution in [0.3, 0.4) is 0 Å². The Morgan fingerprint density at radius 3 is 1.52 bits per heavy atom. The van der Waals surface area contributed by atoms with E-state index >= 15 is 0 Å². The quantitative estimate of drug-likeness (QED) is 0.115. The zero-order chi connectivity index (χ0) is 22.7. The van der Waals surface area contributed by atoms with Gasteiger partial charge in [0.2, 0.25) is 0 Å². The van der Waals surface area contributed by atoms with Gasteiger partial charge in [-0.05, 0) is 64.4 Å². The zero-order valence-corrected chi connectivity index (χ0v) is 21.1. The highest BCUT2D eigenvalue weighted by Gasteiger charge is 2.03. The summed E-state index contributed by atoms with van der Waals surface area (Å²) in [5.41, 5.74) is 11.3. The molecule has 186 valence electrons. The molecule has 0 aliphatic carbocycles. The fraction of sp³-hybridized carbons (Fsp3) is 0.926. The minimum absolute atomic E-state index is 0.762. The van der Waals surface area contributed by atoms with E-state index in [9.17, 15) is 0 Å². The molecule has 0 saturated heterocycles. The Kier molecular flexibility index (Phi) is 26.9. The smallest absolute Gasteiger partial charge is 0.0885 e. The van der Waals surface area contributed by atoms with E-state index in [-0.39, 0.29) is 0 Å². The summed E-state index contributed by atoms with van der Waals surface area (Å²) in [7, 11) is 0. The third-order valence-corrected chi connectivity index (χ3v) is 6.01. The maximum atomic E-state index is 5.66. The van der Waals surface area contributed by atoms with Gasteiger partial charge in [-0.2, -0.15) is 0 Å². The first-order valence-electron chi connectivity index (χ1n) is 13.7. The third-order valence-electron chi connectivity index (χ3n) is 6.01. The van der Waals surface area contributed by atoms with Crippen LogP contribution in [0.5, 0.6) is 0 Å². The van der Waals surface area contributed by atoms with Crippen molar-refractivity contribution in [2.24, 2.45) is 11.5 Å². The molecule has 31 heavy (non-hydrogen) atoms. The maximum absolute atomic E-state index is 5.66. The topological polar surface area (TPSA) is 64.5 Å². The average molecular weight is 440 g/mol. The lowest BCUT2D eigenvalue weighted by molar-refractivity contribution is 0.202. The minimum Gasteiger partial charge on any atom is -0.501 e. The van der Waals surface area contributed by atoms with E-state index in [0.717, 1.165) is 65.0 Å². The molecular weight excluding hydrogens is 382 g/mol. The van der Waals surface area contributed by atoms with Gasteiger partial charge < -0.3 is 21.1 Å². The normalized spacial score (nSPS) is 11.7. The molecular formula is C27H57N3O. The fourth-order valence-corrected chi connectivity index (χ4v) is 4.00. The molecule has 0 rings (SSSR count). The van der Waals surface area contributed by atoms with Crippen molar-refractivity contribution < 1.29 is 4.74 Å². The van der Waals surface area contributed by atoms with E-state index in [4.69, 9.17) is 16.2 Å². The van der Waals surface area contributed by atoms with E-state index < -0.39 is 0 Å². The highest BCUT2D eigenvalue weighted by Crippen LogP contribution is 2.13. The molecule has 0 aliphatic rings. The molecule has 0 aromatic carbocycles. The number of hydrogen-bond donors (Lipinski definition) is 2. The van der Waals surface area contributed by atoms with Crippen molar-refractivity contribution in [1.29, 1.82) is 0 Å². The molecule has 4 N–H and O–H groups in total. The summed E-state index contributed by atoms with van der Waals surface area (Å²) in [4.78, 5) is 2.46. The van der Waals surface area contributed by atoms with Gasteiger partial charge in [-0.15, -0.1) is 0 Å². The van der Waals surface area contributed by atoms with Gasteiger partial charge in [0.15, 0.2) is 0 Å². The number of allylic oxidation sites excluding steroid dienone is 1. The molecule has 0 radical (unpaired) electrons. The molecule has 0 saturated carbocycles. The highest BCUT2D eigenvalue weighted by atomic mass is 16.5. The molecule has 0 bridgehead atoms. The Hall–Kier alpha value is -0.580. The first-order valence-corrected chi connectivity index (χ1v) is 13.7. The Morgan fingerprint density at radius 1 is 0.581 bits per heavy atom. The summed E-state index contributed by atoms with van der Waals surface area (Å²) in [5, 5.41) is 0. The first kappa shape index (κ1) is 30.4. The van der Waals surface area contributed by atoms with Crippen molar-refractivity contribution in [3.63, 3.8) is 0 Å². The number of ether oxygens (including phenoxy) is 1. The lowest BCUT2D eigenvalue weighted by atomic mass is 10.0. The monoisotopic (exact) mass is 439 g/mol. The lowest BCUT2D eigenvalue weighted by Crippen LogP contribution is -2.30. The van der Waals surface area contributed by atoms with Crippen LogP contribution in [0.4, 0.5) is 0 Å². The summed E-state index contributed by atoms with van der Waals surface area (Å²) in [5.74, 6) is 0. The predicted octanol–water partition coefficient (Wildman–Crippen LogP) is 6.78. The van der Waals surface area contributed by atoms with Crippen LogP contribution in [0.1, 0.15) is 122 Å². The Labute approximate surface area is 195 Å². The van der Waals surface area contributed by atoms with Crippen molar-refractivity contribution >= 4 is 0 Å². The van der Waals surface area contributed by atoms with Gasteiger partial charge in [0, 0.05) is 6.54 Å². The number of hydrogen-bond acceptors (Lipinski definition) is 4. The Morgan fingerprint density at radius 2 is 1.03 bits per heavy atom. The van der Waals surface area contributed by atoms with Gasteiger partial charge in [0.05, 0.1) is 12.9 Å². The molecule has 0 aromatic rings. The van der Waals surface area contributed by atoms with Crippen molar-refractivity contribution in [3.05, 3.63) is 12.3 Å². The van der Waals surface area contributed by atoms with Crippen LogP contribution in [-0.4, -0.2) is 44.2 Å². The van der Waals surface area contributed by atoms with Crippen molar-refractivity contribution in [1.82, 2.24) is 4.90 Å². The average Bonchev–Trinajstić information content (AvgIpc) is 2.79. The largest absolute Gasteiger partial charge is 0.501 e. The molecule has 0 unspecified atom stereocenters. The zero-order valence-electron chi connectivity index (χ0n) is 21.1. The third kappa shape index (κ3) is 25.6. The molecule has 0 heterocycles. The summed E-state index contributed by atoms with van der Waals surface area (Å²) in [6.45, 7) is 7.84. The van der Waals surface area contributed by atoms with Gasteiger partial charge in [-0.3, -0.25) is 0 Å². The Bertz CT molecular complexity index is 341. The van der Waals surface area contributed by atoms with Gasteiger partial charge in [0.1, 0.15) is 0 Å². The van der Waals surface area contributed by atoms with Crippen LogP contribution in [0.15, 0.2) is 12.3 Å². The van der Waals surface area contributed by atoms with Crippen molar-refractivity contribution in [2.45, 2.75) is 122 Å². The molecule has 4 heteroatoms. The summed E-state index contributed by atoms with van der Waals surface area (Å²) < 4.78 is 5.66. The molecule has 0 atom stereocenters. The van der Waals surface area contributed by atoms with Crippen LogP contribution in [-0.2, 0) is 4.74 Å². The van der Waals surface area contributed by atoms with E-state index in [1.807, 2.05) is 6.26 Å². The van der Waals surface area contributed by atoms with Gasteiger partial charge in [-0.1, -0.05) is 90.4 Å². The van der Waals surface area contributed by atoms with E-state index in [1.165, 1.54) is 89.9 Å². The first-order chi connectivity index (χ1) is 15.3. The van der Waals surface area contributed by atoms with Gasteiger partial charge in [-0.25, -0.2) is 0 Å². The molecule has 0 amide bonds. The van der Waals surface area contributed by atoms with Gasteiger partial charge >= 0.3 is 0 Å². The second-order valence-corrected chi connectivity index (χ2v) is 9.11. The number of rotatable bonds is 26. The van der Waals surface area contributed by atoms with E-state index in [1.54, 1.807) is 0 Å². The molecule has 0 spiro atoms. The number of nitrogens with zero attached hydrogens (tertiary/aromatic N) is 1.